The number of aromatic nitrogens is 2. The van der Waals surface area contributed by atoms with E-state index in [2.05, 4.69) is 20.9 Å². The van der Waals surface area contributed by atoms with E-state index in [-0.39, 0.29) is 6.04 Å². The lowest BCUT2D eigenvalue weighted by Crippen LogP contribution is -2.37. The van der Waals surface area contributed by atoms with Crippen LogP contribution in [0.2, 0.25) is 5.02 Å². The quantitative estimate of drug-likeness (QED) is 0.873. The maximum Gasteiger partial charge on any atom is 0.329 e. The van der Waals surface area contributed by atoms with Crippen molar-refractivity contribution in [1.29, 1.82) is 0 Å². The summed E-state index contributed by atoms with van der Waals surface area (Å²) in [6.07, 6.45) is 0. The molecule has 1 N–H and O–H groups in total. The first-order chi connectivity index (χ1) is 9.54. The van der Waals surface area contributed by atoms with Gasteiger partial charge in [-0.1, -0.05) is 11.6 Å². The minimum Gasteiger partial charge on any atom is -0.383 e. The van der Waals surface area contributed by atoms with Crippen LogP contribution >= 0.6 is 39.3 Å². The maximum absolute atomic E-state index is 12.1. The van der Waals surface area contributed by atoms with Crippen LogP contribution in [0, 0.1) is 0 Å². The summed E-state index contributed by atoms with van der Waals surface area (Å²) < 4.78 is 7.47. The summed E-state index contributed by atoms with van der Waals surface area (Å²) in [5.74, 6) is 0.681. The second-order valence-electron chi connectivity index (χ2n) is 4.45. The normalized spacial score (nSPS) is 17.6. The molecule has 20 heavy (non-hydrogen) atoms. The molecule has 0 bridgehead atoms. The molecule has 1 aromatic carbocycles. The number of nitrogens with zero attached hydrogens (tertiary/aromatic N) is 1. The van der Waals surface area contributed by atoms with Gasteiger partial charge in [0.2, 0.25) is 0 Å². The topological polar surface area (TPSA) is 64.1 Å². The van der Waals surface area contributed by atoms with Gasteiger partial charge in [-0.2, -0.15) is 0 Å². The van der Waals surface area contributed by atoms with Crippen LogP contribution in [-0.4, -0.2) is 29.0 Å². The van der Waals surface area contributed by atoms with Gasteiger partial charge >= 0.3 is 5.69 Å². The Labute approximate surface area is 131 Å². The lowest BCUT2D eigenvalue weighted by atomic mass is 10.2. The molecule has 3 rings (SSSR count). The van der Waals surface area contributed by atoms with E-state index in [1.54, 1.807) is 29.5 Å². The average molecular weight is 378 g/mol. The molecule has 0 saturated carbocycles. The van der Waals surface area contributed by atoms with Gasteiger partial charge in [0.05, 0.1) is 33.0 Å². The van der Waals surface area contributed by atoms with Crippen molar-refractivity contribution in [3.8, 4) is 0 Å². The number of halogens is 2. The molecule has 0 unspecified atom stereocenters. The summed E-state index contributed by atoms with van der Waals surface area (Å²) in [4.78, 5) is 27.3. The van der Waals surface area contributed by atoms with E-state index in [1.807, 2.05) is 0 Å². The number of benzene rings is 1. The third-order valence-corrected chi connectivity index (χ3v) is 6.07. The lowest BCUT2D eigenvalue weighted by molar-refractivity contribution is 0.163. The van der Waals surface area contributed by atoms with Crippen LogP contribution in [0.1, 0.15) is 6.04 Å². The molecule has 0 fully saturated rings. The molecule has 1 aromatic heterocycles. The largest absolute Gasteiger partial charge is 0.383 e. The van der Waals surface area contributed by atoms with Crippen LogP contribution in [0.3, 0.4) is 0 Å². The lowest BCUT2D eigenvalue weighted by Gasteiger charge is -2.27. The Morgan fingerprint density at radius 3 is 3.05 bits per heavy atom. The van der Waals surface area contributed by atoms with Crippen molar-refractivity contribution in [2.24, 2.45) is 0 Å². The van der Waals surface area contributed by atoms with E-state index in [0.29, 0.717) is 32.8 Å². The number of thioether (sulfide) groups is 1. The van der Waals surface area contributed by atoms with Crippen molar-refractivity contribution < 1.29 is 4.74 Å². The second kappa shape index (κ2) is 5.22. The highest BCUT2D eigenvalue weighted by atomic mass is 79.9. The zero-order valence-corrected chi connectivity index (χ0v) is 13.6. The van der Waals surface area contributed by atoms with Crippen molar-refractivity contribution in [1.82, 2.24) is 9.55 Å². The first-order valence-corrected chi connectivity index (χ1v) is 7.98. The molecule has 2 heterocycles. The molecule has 2 aromatic rings. The molecule has 0 saturated heterocycles. The molecule has 1 aliphatic heterocycles. The summed E-state index contributed by atoms with van der Waals surface area (Å²) in [6, 6.07) is 1.46. The number of H-pyrrole nitrogens is 1. The Kier molecular flexibility index (Phi) is 3.70. The van der Waals surface area contributed by atoms with Crippen LogP contribution in [0.4, 0.5) is 0 Å². The van der Waals surface area contributed by atoms with Gasteiger partial charge in [0.1, 0.15) is 0 Å². The van der Waals surface area contributed by atoms with E-state index in [0.717, 1.165) is 4.90 Å². The molecule has 0 spiro atoms. The SMILES string of the molecule is COC[C@H]1CSc2c(Br)c(Cl)cc3c(=O)[nH]c(=O)n1c23. The highest BCUT2D eigenvalue weighted by Crippen LogP contribution is 2.42. The predicted octanol–water partition coefficient (Wildman–Crippen LogP) is 2.40. The van der Waals surface area contributed by atoms with Gasteiger partial charge in [0, 0.05) is 17.8 Å². The van der Waals surface area contributed by atoms with E-state index in [4.69, 9.17) is 16.3 Å². The molecule has 0 aliphatic carbocycles. The Balaban J connectivity index is 2.48. The first kappa shape index (κ1) is 14.2. The van der Waals surface area contributed by atoms with E-state index >= 15 is 0 Å². The monoisotopic (exact) mass is 376 g/mol. The maximum atomic E-state index is 12.1. The third-order valence-electron chi connectivity index (χ3n) is 3.22. The predicted molar refractivity (Wildman–Crippen MR) is 83.2 cm³/mol. The number of rotatable bonds is 2. The minimum atomic E-state index is -0.421. The Morgan fingerprint density at radius 2 is 2.35 bits per heavy atom. The molecule has 0 radical (unpaired) electrons. The van der Waals surface area contributed by atoms with Gasteiger partial charge in [-0.25, -0.2) is 4.79 Å². The number of hydrogen-bond donors (Lipinski definition) is 1. The Hall–Kier alpha value is -0.760. The molecule has 0 amide bonds. The van der Waals surface area contributed by atoms with Gasteiger partial charge in [-0.3, -0.25) is 14.3 Å². The van der Waals surface area contributed by atoms with Crippen LogP contribution in [0.25, 0.3) is 10.9 Å². The molecule has 8 heteroatoms. The number of ether oxygens (including phenoxy) is 1. The Bertz CT molecular complexity index is 817. The smallest absolute Gasteiger partial charge is 0.329 e. The standard InChI is InChI=1S/C12H10BrClN2O3S/c1-19-3-5-4-20-10-8(13)7(14)2-6-9(10)16(5)12(18)15-11(6)17/h2,5H,3-4H2,1H3,(H,15,17,18)/t5-/m0/s1. The van der Waals surface area contributed by atoms with Crippen LogP contribution in [0.5, 0.6) is 0 Å². The van der Waals surface area contributed by atoms with Crippen molar-refractivity contribution in [3.63, 3.8) is 0 Å². The summed E-state index contributed by atoms with van der Waals surface area (Å²) >= 11 is 11.1. The number of hydrogen-bond acceptors (Lipinski definition) is 4. The fourth-order valence-electron chi connectivity index (χ4n) is 2.38. The van der Waals surface area contributed by atoms with E-state index < -0.39 is 11.2 Å². The number of methoxy groups -OCH3 is 1. The second-order valence-corrected chi connectivity index (χ2v) is 6.68. The third kappa shape index (κ3) is 2.04. The van der Waals surface area contributed by atoms with Crippen LogP contribution in [-0.2, 0) is 4.74 Å². The molecular weight excluding hydrogens is 368 g/mol. The highest BCUT2D eigenvalue weighted by molar-refractivity contribution is 9.10. The van der Waals surface area contributed by atoms with Gasteiger partial charge in [-0.15, -0.1) is 11.8 Å². The molecule has 1 aliphatic rings. The van der Waals surface area contributed by atoms with Crippen molar-refractivity contribution in [2.75, 3.05) is 19.5 Å². The van der Waals surface area contributed by atoms with Gasteiger partial charge < -0.3 is 4.74 Å². The summed E-state index contributed by atoms with van der Waals surface area (Å²) in [5.41, 5.74) is -0.218. The zero-order valence-electron chi connectivity index (χ0n) is 10.4. The van der Waals surface area contributed by atoms with E-state index in [1.165, 1.54) is 0 Å². The molecule has 5 nitrogen and oxygen atoms in total. The Morgan fingerprint density at radius 1 is 1.60 bits per heavy atom. The average Bonchev–Trinajstić information content (AvgIpc) is 2.41. The van der Waals surface area contributed by atoms with E-state index in [9.17, 15) is 9.59 Å². The highest BCUT2D eigenvalue weighted by Gasteiger charge is 2.27. The summed E-state index contributed by atoms with van der Waals surface area (Å²) in [6.45, 7) is 0.410. The van der Waals surface area contributed by atoms with Crippen LogP contribution in [0.15, 0.2) is 25.0 Å². The molecule has 106 valence electrons. The number of nitrogens with one attached hydrogen (secondary N) is 1. The number of aromatic amines is 1. The van der Waals surface area contributed by atoms with Gasteiger partial charge in [0.25, 0.3) is 5.56 Å². The first-order valence-electron chi connectivity index (χ1n) is 5.83. The zero-order chi connectivity index (χ0) is 14.4. The summed E-state index contributed by atoms with van der Waals surface area (Å²) in [7, 11) is 1.59. The van der Waals surface area contributed by atoms with Crippen LogP contribution < -0.4 is 11.2 Å². The molecule has 1 atom stereocenters. The minimum absolute atomic E-state index is 0.113. The summed E-state index contributed by atoms with van der Waals surface area (Å²) in [5, 5.41) is 0.877. The fraction of sp³-hybridized carbons (Fsp3) is 0.333. The van der Waals surface area contributed by atoms with Crippen molar-refractivity contribution in [3.05, 3.63) is 36.4 Å². The van der Waals surface area contributed by atoms with Crippen molar-refractivity contribution >= 4 is 50.2 Å². The van der Waals surface area contributed by atoms with Gasteiger partial charge in [-0.05, 0) is 22.0 Å². The van der Waals surface area contributed by atoms with Gasteiger partial charge in [0.15, 0.2) is 0 Å². The molecular formula is C12H10BrClN2O3S. The van der Waals surface area contributed by atoms with Crippen molar-refractivity contribution in [2.45, 2.75) is 10.9 Å². The fourth-order valence-corrected chi connectivity index (χ4v) is 4.47.